The second-order valence-electron chi connectivity index (χ2n) is 6.90. The molecule has 2 amide bonds. The van der Waals surface area contributed by atoms with E-state index >= 15 is 0 Å². The first-order valence-corrected chi connectivity index (χ1v) is 8.71. The quantitative estimate of drug-likeness (QED) is 0.885. The predicted octanol–water partition coefficient (Wildman–Crippen LogP) is 2.09. The second kappa shape index (κ2) is 8.34. The van der Waals surface area contributed by atoms with E-state index in [1.807, 2.05) is 27.7 Å². The van der Waals surface area contributed by atoms with Crippen molar-refractivity contribution in [3.05, 3.63) is 29.8 Å². The topological polar surface area (TPSA) is 67.9 Å². The summed E-state index contributed by atoms with van der Waals surface area (Å²) in [5, 5.41) is 2.88. The number of rotatable bonds is 5. The number of morpholine rings is 1. The Bertz CT molecular complexity index is 607. The maximum Gasteiger partial charge on any atom is 0.255 e. The highest BCUT2D eigenvalue weighted by Gasteiger charge is 2.33. The summed E-state index contributed by atoms with van der Waals surface area (Å²) in [5.74, 6) is 0.0855. The van der Waals surface area contributed by atoms with Crippen molar-refractivity contribution in [3.63, 3.8) is 0 Å². The fourth-order valence-corrected chi connectivity index (χ4v) is 3.12. The van der Waals surface area contributed by atoms with Crippen molar-refractivity contribution in [2.24, 2.45) is 5.92 Å². The van der Waals surface area contributed by atoms with Gasteiger partial charge in [-0.1, -0.05) is 26.0 Å². The molecule has 2 rings (SSSR count). The van der Waals surface area contributed by atoms with Crippen molar-refractivity contribution in [2.45, 2.75) is 45.9 Å². The molecule has 0 spiro atoms. The van der Waals surface area contributed by atoms with Gasteiger partial charge in [-0.05, 0) is 31.9 Å². The molecule has 0 radical (unpaired) electrons. The SMILES string of the molecule is COc1ccccc1C(=O)N[C@H](C(=O)N1CC(C)OC(C)C1)C(C)C. The third kappa shape index (κ3) is 4.72. The predicted molar refractivity (Wildman–Crippen MR) is 95.7 cm³/mol. The summed E-state index contributed by atoms with van der Waals surface area (Å²) in [4.78, 5) is 27.4. The van der Waals surface area contributed by atoms with Crippen molar-refractivity contribution in [1.29, 1.82) is 0 Å². The molecule has 0 saturated carbocycles. The molecule has 0 aromatic heterocycles. The zero-order valence-electron chi connectivity index (χ0n) is 15.6. The molecule has 3 atom stereocenters. The van der Waals surface area contributed by atoms with E-state index in [2.05, 4.69) is 5.32 Å². The summed E-state index contributed by atoms with van der Waals surface area (Å²) in [6.07, 6.45) is -0.0177. The Balaban J connectivity index is 2.15. The number of hydrogen-bond acceptors (Lipinski definition) is 4. The summed E-state index contributed by atoms with van der Waals surface area (Å²) >= 11 is 0. The van der Waals surface area contributed by atoms with E-state index in [4.69, 9.17) is 9.47 Å². The number of ether oxygens (including phenoxy) is 2. The summed E-state index contributed by atoms with van der Waals surface area (Å²) in [7, 11) is 1.52. The highest BCUT2D eigenvalue weighted by atomic mass is 16.5. The molecule has 138 valence electrons. The molecule has 1 aliphatic heterocycles. The van der Waals surface area contributed by atoms with Crippen LogP contribution in [0.4, 0.5) is 0 Å². The number of nitrogens with zero attached hydrogens (tertiary/aromatic N) is 1. The van der Waals surface area contributed by atoms with Crippen molar-refractivity contribution >= 4 is 11.8 Å². The number of amides is 2. The minimum absolute atomic E-state index is 0.00886. The molecule has 1 fully saturated rings. The van der Waals surface area contributed by atoms with Crippen molar-refractivity contribution in [3.8, 4) is 5.75 Å². The maximum atomic E-state index is 13.0. The lowest BCUT2D eigenvalue weighted by molar-refractivity contribution is -0.146. The van der Waals surface area contributed by atoms with E-state index in [1.165, 1.54) is 7.11 Å². The number of carbonyl (C=O) groups excluding carboxylic acids is 2. The number of carbonyl (C=O) groups is 2. The number of methoxy groups -OCH3 is 1. The van der Waals surface area contributed by atoms with Gasteiger partial charge in [0.2, 0.25) is 5.91 Å². The molecule has 0 bridgehead atoms. The van der Waals surface area contributed by atoms with E-state index in [0.29, 0.717) is 24.4 Å². The average Bonchev–Trinajstić information content (AvgIpc) is 2.57. The standard InChI is InChI=1S/C19H28N2O4/c1-12(2)17(19(23)21-10-13(3)25-14(4)11-21)20-18(22)15-8-6-7-9-16(15)24-5/h6-9,12-14,17H,10-11H2,1-5H3,(H,20,22)/t13?,14?,17-/m0/s1. The zero-order chi connectivity index (χ0) is 18.6. The largest absolute Gasteiger partial charge is 0.496 e. The van der Waals surface area contributed by atoms with Crippen molar-refractivity contribution < 1.29 is 19.1 Å². The summed E-state index contributed by atoms with van der Waals surface area (Å²) in [5.41, 5.74) is 0.423. The van der Waals surface area contributed by atoms with Crippen LogP contribution in [0.25, 0.3) is 0 Å². The summed E-state index contributed by atoms with van der Waals surface area (Å²) in [6.45, 7) is 8.84. The van der Waals surface area contributed by atoms with E-state index < -0.39 is 6.04 Å². The van der Waals surface area contributed by atoms with Crippen LogP contribution in [0, 0.1) is 5.92 Å². The normalized spacial score (nSPS) is 21.8. The Morgan fingerprint density at radius 2 is 1.80 bits per heavy atom. The lowest BCUT2D eigenvalue weighted by Crippen LogP contribution is -2.56. The molecular formula is C19H28N2O4. The third-order valence-corrected chi connectivity index (χ3v) is 4.30. The van der Waals surface area contributed by atoms with Gasteiger partial charge in [0.25, 0.3) is 5.91 Å². The lowest BCUT2D eigenvalue weighted by atomic mass is 10.0. The average molecular weight is 348 g/mol. The van der Waals surface area contributed by atoms with Crippen LogP contribution in [0.1, 0.15) is 38.1 Å². The smallest absolute Gasteiger partial charge is 0.255 e. The highest BCUT2D eigenvalue weighted by molar-refractivity contribution is 5.99. The molecule has 6 nitrogen and oxygen atoms in total. The molecular weight excluding hydrogens is 320 g/mol. The minimum Gasteiger partial charge on any atom is -0.496 e. The summed E-state index contributed by atoms with van der Waals surface area (Å²) < 4.78 is 10.9. The molecule has 25 heavy (non-hydrogen) atoms. The van der Waals surface area contributed by atoms with E-state index in [1.54, 1.807) is 29.2 Å². The van der Waals surface area contributed by atoms with Crippen LogP contribution in [0.3, 0.4) is 0 Å². The van der Waals surface area contributed by atoms with Crippen molar-refractivity contribution in [2.75, 3.05) is 20.2 Å². The number of para-hydroxylation sites is 1. The number of benzene rings is 1. The van der Waals surface area contributed by atoms with Crippen molar-refractivity contribution in [1.82, 2.24) is 10.2 Å². The molecule has 1 heterocycles. The number of hydrogen-bond donors (Lipinski definition) is 1. The molecule has 2 unspecified atom stereocenters. The highest BCUT2D eigenvalue weighted by Crippen LogP contribution is 2.19. The second-order valence-corrected chi connectivity index (χ2v) is 6.90. The van der Waals surface area contributed by atoms with Crippen LogP contribution in [-0.2, 0) is 9.53 Å². The molecule has 1 N–H and O–H groups in total. The monoisotopic (exact) mass is 348 g/mol. The first kappa shape index (κ1) is 19.2. The van der Waals surface area contributed by atoms with Gasteiger partial charge >= 0.3 is 0 Å². The van der Waals surface area contributed by atoms with Gasteiger partial charge in [-0.15, -0.1) is 0 Å². The van der Waals surface area contributed by atoms with Gasteiger partial charge in [-0.3, -0.25) is 9.59 Å². The first-order valence-electron chi connectivity index (χ1n) is 8.71. The fraction of sp³-hybridized carbons (Fsp3) is 0.579. The van der Waals surface area contributed by atoms with Gasteiger partial charge < -0.3 is 19.7 Å². The number of nitrogens with one attached hydrogen (secondary N) is 1. The van der Waals surface area contributed by atoms with E-state index in [-0.39, 0.29) is 29.9 Å². The molecule has 1 aromatic carbocycles. The third-order valence-electron chi connectivity index (χ3n) is 4.30. The maximum absolute atomic E-state index is 13.0. The van der Waals surface area contributed by atoms with Crippen LogP contribution in [0.5, 0.6) is 5.75 Å². The van der Waals surface area contributed by atoms with Crippen LogP contribution in [0.15, 0.2) is 24.3 Å². The van der Waals surface area contributed by atoms with Gasteiger partial charge in [-0.25, -0.2) is 0 Å². The zero-order valence-corrected chi connectivity index (χ0v) is 15.6. The van der Waals surface area contributed by atoms with Gasteiger partial charge in [0.1, 0.15) is 11.8 Å². The van der Waals surface area contributed by atoms with Crippen LogP contribution < -0.4 is 10.1 Å². The molecule has 1 saturated heterocycles. The van der Waals surface area contributed by atoms with Gasteiger partial charge in [0, 0.05) is 13.1 Å². The molecule has 1 aliphatic rings. The summed E-state index contributed by atoms with van der Waals surface area (Å²) in [6, 6.07) is 6.41. The minimum atomic E-state index is -0.588. The van der Waals surface area contributed by atoms with Gasteiger partial charge in [-0.2, -0.15) is 0 Å². The molecule has 0 aliphatic carbocycles. The van der Waals surface area contributed by atoms with Crippen LogP contribution >= 0.6 is 0 Å². The molecule has 1 aromatic rings. The fourth-order valence-electron chi connectivity index (χ4n) is 3.12. The van der Waals surface area contributed by atoms with Gasteiger partial charge in [0.05, 0.1) is 24.9 Å². The Morgan fingerprint density at radius 3 is 2.36 bits per heavy atom. The Hall–Kier alpha value is -2.08. The Morgan fingerprint density at radius 1 is 1.20 bits per heavy atom. The van der Waals surface area contributed by atoms with Crippen LogP contribution in [-0.4, -0.2) is 55.2 Å². The first-order chi connectivity index (χ1) is 11.8. The Kier molecular flexibility index (Phi) is 6.42. The van der Waals surface area contributed by atoms with Gasteiger partial charge in [0.15, 0.2) is 0 Å². The van der Waals surface area contributed by atoms with E-state index in [9.17, 15) is 9.59 Å². The molecule has 6 heteroatoms. The Labute approximate surface area is 149 Å². The van der Waals surface area contributed by atoms with E-state index in [0.717, 1.165) is 0 Å². The lowest BCUT2D eigenvalue weighted by Gasteiger charge is -2.38. The van der Waals surface area contributed by atoms with Crippen LogP contribution in [0.2, 0.25) is 0 Å².